The van der Waals surface area contributed by atoms with Crippen LogP contribution >= 0.6 is 0 Å². The maximum absolute atomic E-state index is 13.0. The third-order valence-corrected chi connectivity index (χ3v) is 4.90. The Hall–Kier alpha value is -3.99. The lowest BCUT2D eigenvalue weighted by Gasteiger charge is -2.19. The summed E-state index contributed by atoms with van der Waals surface area (Å²) in [6.07, 6.45) is 3.36. The highest BCUT2D eigenvalue weighted by Gasteiger charge is 2.23. The number of fused-ring (bicyclic) bond motifs is 1. The van der Waals surface area contributed by atoms with Gasteiger partial charge in [0.2, 0.25) is 5.91 Å². The normalized spacial score (nSPS) is 11.6. The summed E-state index contributed by atoms with van der Waals surface area (Å²) >= 11 is 0. The van der Waals surface area contributed by atoms with Crippen molar-refractivity contribution >= 4 is 22.6 Å². The molecule has 0 aliphatic carbocycles. The van der Waals surface area contributed by atoms with Crippen LogP contribution in [0.1, 0.15) is 27.5 Å². The quantitative estimate of drug-likeness (QED) is 0.518. The number of carbonyl (C=O) groups excluding carboxylic acids is 2. The fraction of sp³-hybridized carbons (Fsp3) is 0.0800. The molecule has 0 aliphatic heterocycles. The Morgan fingerprint density at radius 1 is 0.800 bits per heavy atom. The molecule has 0 spiro atoms. The molecule has 1 aromatic heterocycles. The molecule has 2 N–H and O–H groups in total. The molecule has 0 radical (unpaired) electrons. The van der Waals surface area contributed by atoms with Gasteiger partial charge in [-0.05, 0) is 46.2 Å². The van der Waals surface area contributed by atoms with Crippen molar-refractivity contribution in [3.8, 4) is 0 Å². The van der Waals surface area contributed by atoms with Gasteiger partial charge in [-0.3, -0.25) is 14.6 Å². The van der Waals surface area contributed by atoms with Crippen LogP contribution in [0.15, 0.2) is 97.3 Å². The van der Waals surface area contributed by atoms with Gasteiger partial charge in [0.25, 0.3) is 5.91 Å². The molecule has 1 atom stereocenters. The van der Waals surface area contributed by atoms with Gasteiger partial charge in [0, 0.05) is 24.5 Å². The van der Waals surface area contributed by atoms with Crippen LogP contribution in [-0.4, -0.2) is 16.8 Å². The molecule has 0 aliphatic rings. The number of nitrogens with zero attached hydrogens (tertiary/aromatic N) is 1. The number of carbonyl (C=O) groups is 2. The van der Waals surface area contributed by atoms with Crippen LogP contribution in [0.3, 0.4) is 0 Å². The molecule has 0 bridgehead atoms. The zero-order valence-corrected chi connectivity index (χ0v) is 16.3. The molecule has 2 amide bonds. The van der Waals surface area contributed by atoms with E-state index in [-0.39, 0.29) is 11.8 Å². The number of hydrogen-bond acceptors (Lipinski definition) is 3. The Labute approximate surface area is 174 Å². The molecule has 30 heavy (non-hydrogen) atoms. The minimum atomic E-state index is -0.799. The average Bonchev–Trinajstić information content (AvgIpc) is 2.81. The molecule has 0 saturated carbocycles. The van der Waals surface area contributed by atoms with Gasteiger partial charge in [0.1, 0.15) is 6.04 Å². The van der Waals surface area contributed by atoms with Crippen molar-refractivity contribution in [2.75, 3.05) is 0 Å². The smallest absolute Gasteiger partial charge is 0.252 e. The second-order valence-corrected chi connectivity index (χ2v) is 6.95. The van der Waals surface area contributed by atoms with Crippen LogP contribution in [0.5, 0.6) is 0 Å². The Balaban J connectivity index is 1.54. The van der Waals surface area contributed by atoms with E-state index >= 15 is 0 Å². The zero-order chi connectivity index (χ0) is 20.8. The Morgan fingerprint density at radius 2 is 1.50 bits per heavy atom. The van der Waals surface area contributed by atoms with E-state index in [0.29, 0.717) is 12.1 Å². The standard InChI is InChI=1S/C25H21N3O2/c29-24(22-11-10-19-6-4-5-9-21(19)16-22)28-23(20-7-2-1-3-8-20)25(30)27-17-18-12-14-26-15-13-18/h1-16,23H,17H2,(H,27,30)(H,28,29)/t23-/m0/s1. The summed E-state index contributed by atoms with van der Waals surface area (Å²) in [5, 5.41) is 7.82. The summed E-state index contributed by atoms with van der Waals surface area (Å²) in [6, 6.07) is 25.5. The fourth-order valence-corrected chi connectivity index (χ4v) is 3.28. The molecule has 5 heteroatoms. The molecule has 4 aromatic rings. The lowest BCUT2D eigenvalue weighted by molar-refractivity contribution is -0.123. The highest BCUT2D eigenvalue weighted by molar-refractivity contribution is 6.00. The van der Waals surface area contributed by atoms with Crippen LogP contribution < -0.4 is 10.6 Å². The van der Waals surface area contributed by atoms with Crippen LogP contribution in [-0.2, 0) is 11.3 Å². The number of benzene rings is 3. The molecule has 1 heterocycles. The van der Waals surface area contributed by atoms with Gasteiger partial charge in [0.05, 0.1) is 0 Å². The number of rotatable bonds is 6. The van der Waals surface area contributed by atoms with E-state index in [9.17, 15) is 9.59 Å². The molecule has 0 fully saturated rings. The van der Waals surface area contributed by atoms with Gasteiger partial charge in [-0.25, -0.2) is 0 Å². The fourth-order valence-electron chi connectivity index (χ4n) is 3.28. The minimum Gasteiger partial charge on any atom is -0.350 e. The highest BCUT2D eigenvalue weighted by Crippen LogP contribution is 2.18. The monoisotopic (exact) mass is 395 g/mol. The summed E-state index contributed by atoms with van der Waals surface area (Å²) in [6.45, 7) is 0.358. The number of hydrogen-bond donors (Lipinski definition) is 2. The predicted octanol–water partition coefficient (Wildman–Crippen LogP) is 4.02. The van der Waals surface area contributed by atoms with Gasteiger partial charge in [-0.2, -0.15) is 0 Å². The van der Waals surface area contributed by atoms with Crippen molar-refractivity contribution in [2.24, 2.45) is 0 Å². The number of nitrogens with one attached hydrogen (secondary N) is 2. The summed E-state index contributed by atoms with van der Waals surface area (Å²) < 4.78 is 0. The van der Waals surface area contributed by atoms with Crippen molar-refractivity contribution in [3.63, 3.8) is 0 Å². The molecule has 4 rings (SSSR count). The summed E-state index contributed by atoms with van der Waals surface area (Å²) in [4.78, 5) is 29.9. The van der Waals surface area contributed by atoms with Crippen LogP contribution in [0, 0.1) is 0 Å². The Morgan fingerprint density at radius 3 is 2.27 bits per heavy atom. The third-order valence-electron chi connectivity index (χ3n) is 4.90. The molecule has 0 saturated heterocycles. The van der Waals surface area contributed by atoms with Crippen molar-refractivity contribution < 1.29 is 9.59 Å². The first-order valence-electron chi connectivity index (χ1n) is 9.72. The second kappa shape index (κ2) is 9.01. The van der Waals surface area contributed by atoms with Crippen molar-refractivity contribution in [1.82, 2.24) is 15.6 Å². The lowest BCUT2D eigenvalue weighted by atomic mass is 10.0. The Kier molecular flexibility index (Phi) is 5.80. The Bertz CT molecular complexity index is 1160. The SMILES string of the molecule is O=C(N[C@H](C(=O)NCc1ccncc1)c1ccccc1)c1ccc2ccccc2c1. The number of aromatic nitrogens is 1. The first kappa shape index (κ1) is 19.3. The summed E-state index contributed by atoms with van der Waals surface area (Å²) in [5.74, 6) is -0.569. The van der Waals surface area contributed by atoms with Crippen LogP contribution in [0.4, 0.5) is 0 Å². The van der Waals surface area contributed by atoms with Gasteiger partial charge in [-0.1, -0.05) is 60.7 Å². The molecular formula is C25H21N3O2. The number of pyridine rings is 1. The van der Waals surface area contributed by atoms with E-state index < -0.39 is 6.04 Å². The predicted molar refractivity (Wildman–Crippen MR) is 117 cm³/mol. The van der Waals surface area contributed by atoms with E-state index in [1.165, 1.54) is 0 Å². The molecular weight excluding hydrogens is 374 g/mol. The van der Waals surface area contributed by atoms with E-state index in [4.69, 9.17) is 0 Å². The first-order chi connectivity index (χ1) is 14.7. The minimum absolute atomic E-state index is 0.271. The van der Waals surface area contributed by atoms with Crippen molar-refractivity contribution in [1.29, 1.82) is 0 Å². The summed E-state index contributed by atoms with van der Waals surface area (Å²) in [5.41, 5.74) is 2.17. The van der Waals surface area contributed by atoms with Gasteiger partial charge < -0.3 is 10.6 Å². The van der Waals surface area contributed by atoms with Gasteiger partial charge in [0.15, 0.2) is 0 Å². The van der Waals surface area contributed by atoms with Crippen LogP contribution in [0.2, 0.25) is 0 Å². The lowest BCUT2D eigenvalue weighted by Crippen LogP contribution is -2.40. The largest absolute Gasteiger partial charge is 0.350 e. The summed E-state index contributed by atoms with van der Waals surface area (Å²) in [7, 11) is 0. The maximum atomic E-state index is 13.0. The second-order valence-electron chi connectivity index (χ2n) is 6.95. The molecule has 5 nitrogen and oxygen atoms in total. The molecule has 3 aromatic carbocycles. The molecule has 0 unspecified atom stereocenters. The van der Waals surface area contributed by atoms with Crippen molar-refractivity contribution in [2.45, 2.75) is 12.6 Å². The maximum Gasteiger partial charge on any atom is 0.252 e. The van der Waals surface area contributed by atoms with Crippen LogP contribution in [0.25, 0.3) is 10.8 Å². The average molecular weight is 395 g/mol. The first-order valence-corrected chi connectivity index (χ1v) is 9.72. The van der Waals surface area contributed by atoms with E-state index in [0.717, 1.165) is 21.9 Å². The molecule has 148 valence electrons. The van der Waals surface area contributed by atoms with E-state index in [1.807, 2.05) is 78.9 Å². The number of amides is 2. The van der Waals surface area contributed by atoms with Gasteiger partial charge >= 0.3 is 0 Å². The van der Waals surface area contributed by atoms with E-state index in [2.05, 4.69) is 15.6 Å². The zero-order valence-electron chi connectivity index (χ0n) is 16.3. The van der Waals surface area contributed by atoms with E-state index in [1.54, 1.807) is 18.5 Å². The van der Waals surface area contributed by atoms with Crippen molar-refractivity contribution in [3.05, 3.63) is 114 Å². The third kappa shape index (κ3) is 4.52. The topological polar surface area (TPSA) is 71.1 Å². The van der Waals surface area contributed by atoms with Gasteiger partial charge in [-0.15, -0.1) is 0 Å². The highest BCUT2D eigenvalue weighted by atomic mass is 16.2.